The number of allylic oxidation sites excluding steroid dienone is 2. The number of rotatable bonds is 19. The van der Waals surface area contributed by atoms with E-state index in [1.165, 1.54) is 77.0 Å². The maximum Gasteiger partial charge on any atom is 1.00 e. The fourth-order valence-electron chi connectivity index (χ4n) is 3.14. The molecule has 0 saturated carbocycles. The first kappa shape index (κ1) is 29.5. The van der Waals surface area contributed by atoms with Crippen LogP contribution >= 0.6 is 0 Å². The van der Waals surface area contributed by atoms with Crippen LogP contribution in [0.1, 0.15) is 110 Å². The van der Waals surface area contributed by atoms with Gasteiger partial charge in [0.05, 0.1) is 12.3 Å². The molecule has 0 aromatic carbocycles. The third-order valence-electron chi connectivity index (χ3n) is 4.83. The maximum atomic E-state index is 10.9. The number of unbranched alkanes of at least 4 members (excludes halogenated alkanes) is 13. The van der Waals surface area contributed by atoms with Crippen LogP contribution in [-0.4, -0.2) is 22.2 Å². The van der Waals surface area contributed by atoms with E-state index >= 15 is 0 Å². The molecule has 0 aromatic rings. The predicted octanol–water partition coefficient (Wildman–Crippen LogP) is 3.59. The van der Waals surface area contributed by atoms with Gasteiger partial charge in [-0.3, -0.25) is 9.59 Å². The van der Waals surface area contributed by atoms with Gasteiger partial charge in [0, 0.05) is 0 Å². The minimum atomic E-state index is -1.05. The van der Waals surface area contributed by atoms with Crippen LogP contribution in [0.15, 0.2) is 12.2 Å². The standard InChI is InChI=1S/C22H40O4.K/c1-2-3-4-5-6-7-8-9-10-11-12-13-14-15-16-17-18-20(22(25)26)19-21(23)24;/h16-17,20H,2-15,18-19H2,1H3,(H,23,24)(H,25,26);/q;+1/b17-16+;. The molecule has 0 spiro atoms. The van der Waals surface area contributed by atoms with Crippen LogP contribution in [0.3, 0.4) is 0 Å². The van der Waals surface area contributed by atoms with Crippen molar-refractivity contribution in [1.29, 1.82) is 0 Å². The van der Waals surface area contributed by atoms with Crippen molar-refractivity contribution in [1.82, 2.24) is 0 Å². The molecule has 27 heavy (non-hydrogen) atoms. The van der Waals surface area contributed by atoms with Gasteiger partial charge >= 0.3 is 63.3 Å². The van der Waals surface area contributed by atoms with Gasteiger partial charge in [-0.1, -0.05) is 96.1 Å². The van der Waals surface area contributed by atoms with Gasteiger partial charge in [0.25, 0.3) is 0 Å². The first-order chi connectivity index (χ1) is 12.6. The number of hydrogen-bond acceptors (Lipinski definition) is 2. The molecule has 0 heterocycles. The van der Waals surface area contributed by atoms with Crippen LogP contribution in [0, 0.1) is 5.92 Å². The zero-order chi connectivity index (χ0) is 19.5. The molecule has 0 rings (SSSR count). The Morgan fingerprint density at radius 2 is 1.19 bits per heavy atom. The van der Waals surface area contributed by atoms with Crippen LogP contribution in [-0.2, 0) is 9.59 Å². The Kier molecular flexibility index (Phi) is 24.7. The zero-order valence-corrected chi connectivity index (χ0v) is 20.9. The van der Waals surface area contributed by atoms with Gasteiger partial charge in [-0.2, -0.15) is 0 Å². The Labute approximate surface area is 209 Å². The van der Waals surface area contributed by atoms with E-state index in [9.17, 15) is 9.59 Å². The quantitative estimate of drug-likeness (QED) is 0.195. The molecular weight excluding hydrogens is 367 g/mol. The Morgan fingerprint density at radius 1 is 0.741 bits per heavy atom. The third-order valence-corrected chi connectivity index (χ3v) is 4.83. The summed E-state index contributed by atoms with van der Waals surface area (Å²) in [5, 5.41) is 17.6. The molecule has 152 valence electrons. The number of aliphatic carboxylic acids is 2. The van der Waals surface area contributed by atoms with Crippen LogP contribution in [0.25, 0.3) is 0 Å². The first-order valence-corrected chi connectivity index (χ1v) is 10.7. The normalized spacial score (nSPS) is 12.0. The molecule has 0 aliphatic rings. The average Bonchev–Trinajstić information content (AvgIpc) is 2.59. The first-order valence-electron chi connectivity index (χ1n) is 10.7. The van der Waals surface area contributed by atoms with Gasteiger partial charge in [-0.05, 0) is 19.3 Å². The number of carboxylic acid groups (broad SMARTS) is 2. The van der Waals surface area contributed by atoms with Crippen molar-refractivity contribution in [3.8, 4) is 0 Å². The monoisotopic (exact) mass is 407 g/mol. The molecule has 0 saturated heterocycles. The second-order valence-corrected chi connectivity index (χ2v) is 7.37. The van der Waals surface area contributed by atoms with E-state index in [0.717, 1.165) is 12.8 Å². The second-order valence-electron chi connectivity index (χ2n) is 7.37. The summed E-state index contributed by atoms with van der Waals surface area (Å²) in [5.41, 5.74) is 0. The summed E-state index contributed by atoms with van der Waals surface area (Å²) in [6.45, 7) is 2.26. The Hall–Kier alpha value is 0.316. The van der Waals surface area contributed by atoms with Gasteiger partial charge in [-0.15, -0.1) is 0 Å². The molecule has 4 nitrogen and oxygen atoms in total. The Bertz CT molecular complexity index is 383. The molecule has 1 unspecified atom stereocenters. The molecule has 0 radical (unpaired) electrons. The molecule has 5 heteroatoms. The largest absolute Gasteiger partial charge is 1.00 e. The van der Waals surface area contributed by atoms with Crippen molar-refractivity contribution in [3.63, 3.8) is 0 Å². The van der Waals surface area contributed by atoms with E-state index in [1.54, 1.807) is 0 Å². The molecule has 0 aliphatic carbocycles. The van der Waals surface area contributed by atoms with Crippen molar-refractivity contribution in [2.45, 2.75) is 110 Å². The van der Waals surface area contributed by atoms with E-state index in [1.807, 2.05) is 12.2 Å². The number of carboxylic acids is 2. The second kappa shape index (κ2) is 22.6. The molecule has 2 N–H and O–H groups in total. The van der Waals surface area contributed by atoms with Crippen LogP contribution in [0.5, 0.6) is 0 Å². The average molecular weight is 408 g/mol. The number of hydrogen-bond donors (Lipinski definition) is 2. The smallest absolute Gasteiger partial charge is 0.481 e. The van der Waals surface area contributed by atoms with E-state index < -0.39 is 17.9 Å². The molecule has 0 amide bonds. The van der Waals surface area contributed by atoms with E-state index in [4.69, 9.17) is 10.2 Å². The molecule has 0 bridgehead atoms. The predicted molar refractivity (Wildman–Crippen MR) is 107 cm³/mol. The summed E-state index contributed by atoms with van der Waals surface area (Å²) in [6.07, 6.45) is 22.1. The molecule has 1 atom stereocenters. The van der Waals surface area contributed by atoms with Gasteiger partial charge in [0.1, 0.15) is 0 Å². The van der Waals surface area contributed by atoms with Crippen LogP contribution in [0.4, 0.5) is 0 Å². The van der Waals surface area contributed by atoms with E-state index in [-0.39, 0.29) is 57.8 Å². The molecule has 0 aliphatic heterocycles. The van der Waals surface area contributed by atoms with Gasteiger partial charge < -0.3 is 10.2 Å². The summed E-state index contributed by atoms with van der Waals surface area (Å²) < 4.78 is 0. The summed E-state index contributed by atoms with van der Waals surface area (Å²) in [5.74, 6) is -2.89. The van der Waals surface area contributed by atoms with Crippen molar-refractivity contribution >= 4 is 11.9 Å². The van der Waals surface area contributed by atoms with Gasteiger partial charge in [0.15, 0.2) is 0 Å². The zero-order valence-electron chi connectivity index (χ0n) is 17.8. The minimum Gasteiger partial charge on any atom is -0.481 e. The van der Waals surface area contributed by atoms with Crippen molar-refractivity contribution < 1.29 is 71.2 Å². The van der Waals surface area contributed by atoms with Gasteiger partial charge in [-0.25, -0.2) is 0 Å². The fraction of sp³-hybridized carbons (Fsp3) is 0.818. The Morgan fingerprint density at radius 3 is 1.59 bits per heavy atom. The van der Waals surface area contributed by atoms with Crippen LogP contribution < -0.4 is 51.4 Å². The summed E-state index contributed by atoms with van der Waals surface area (Å²) >= 11 is 0. The number of carbonyl (C=O) groups is 2. The van der Waals surface area contributed by atoms with Crippen molar-refractivity contribution in [2.24, 2.45) is 5.92 Å². The van der Waals surface area contributed by atoms with E-state index in [2.05, 4.69) is 6.92 Å². The van der Waals surface area contributed by atoms with Crippen LogP contribution in [0.2, 0.25) is 0 Å². The molecule has 0 fully saturated rings. The van der Waals surface area contributed by atoms with E-state index in [0.29, 0.717) is 6.42 Å². The Balaban J connectivity index is 0. The van der Waals surface area contributed by atoms with Gasteiger partial charge in [0.2, 0.25) is 0 Å². The van der Waals surface area contributed by atoms with Crippen molar-refractivity contribution in [3.05, 3.63) is 12.2 Å². The third kappa shape index (κ3) is 22.5. The maximum absolute atomic E-state index is 10.9. The SMILES string of the molecule is CCCCCCCCCCCCCCC/C=C/CC(CC(=O)O)C(=O)O.[K+]. The molecule has 0 aromatic heterocycles. The van der Waals surface area contributed by atoms with Crippen molar-refractivity contribution in [2.75, 3.05) is 0 Å². The molecular formula is C22H40KO4+. The fourth-order valence-corrected chi connectivity index (χ4v) is 3.14. The summed E-state index contributed by atoms with van der Waals surface area (Å²) in [4.78, 5) is 21.5. The summed E-state index contributed by atoms with van der Waals surface area (Å²) in [6, 6.07) is 0. The summed E-state index contributed by atoms with van der Waals surface area (Å²) in [7, 11) is 0. The minimum absolute atomic E-state index is 0. The topological polar surface area (TPSA) is 74.6 Å².